The normalized spacial score (nSPS) is 27.7. The van der Waals surface area contributed by atoms with Crippen molar-refractivity contribution in [2.75, 3.05) is 20.2 Å². The monoisotopic (exact) mass is 441 g/mol. The Kier molecular flexibility index (Phi) is 7.97. The van der Waals surface area contributed by atoms with Gasteiger partial charge in [0.15, 0.2) is 0 Å². The summed E-state index contributed by atoms with van der Waals surface area (Å²) in [6.45, 7) is 12.6. The minimum atomic E-state index is -0.897. The third-order valence-corrected chi connectivity index (χ3v) is 6.11. The molecule has 2 amide bonds. The molecule has 9 nitrogen and oxygen atoms in total. The highest BCUT2D eigenvalue weighted by Crippen LogP contribution is 2.37. The minimum absolute atomic E-state index is 0.101. The predicted molar refractivity (Wildman–Crippen MR) is 115 cm³/mol. The number of nitrogens with one attached hydrogen (secondary N) is 2. The zero-order valence-corrected chi connectivity index (χ0v) is 19.9. The number of amides is 2. The third kappa shape index (κ3) is 6.80. The van der Waals surface area contributed by atoms with E-state index in [1.807, 2.05) is 0 Å². The van der Waals surface area contributed by atoms with Crippen LogP contribution in [-0.2, 0) is 19.1 Å². The van der Waals surface area contributed by atoms with Gasteiger partial charge in [-0.05, 0) is 57.9 Å². The van der Waals surface area contributed by atoms with E-state index < -0.39 is 41.9 Å². The zero-order valence-electron chi connectivity index (χ0n) is 19.9. The van der Waals surface area contributed by atoms with Crippen LogP contribution in [0.2, 0.25) is 0 Å². The Bertz CT molecular complexity index is 669. The van der Waals surface area contributed by atoms with Crippen molar-refractivity contribution in [3.63, 3.8) is 0 Å². The van der Waals surface area contributed by atoms with Gasteiger partial charge in [0, 0.05) is 12.5 Å². The summed E-state index contributed by atoms with van der Waals surface area (Å²) in [5.41, 5.74) is -0.783. The number of hydrogen-bond acceptors (Lipinski definition) is 7. The van der Waals surface area contributed by atoms with Crippen molar-refractivity contribution in [3.05, 3.63) is 0 Å². The number of nitrogens with zero attached hydrogens (tertiary/aromatic N) is 1. The maximum atomic E-state index is 13.2. The first-order chi connectivity index (χ1) is 14.2. The number of carbonyl (C=O) groups is 3. The topological polar surface area (TPSA) is 117 Å². The number of esters is 1. The molecule has 2 aliphatic heterocycles. The van der Waals surface area contributed by atoms with Crippen molar-refractivity contribution in [2.45, 2.75) is 84.7 Å². The number of ether oxygens (including phenoxy) is 2. The number of hydrogen-bond donors (Lipinski definition) is 3. The molecule has 31 heavy (non-hydrogen) atoms. The van der Waals surface area contributed by atoms with Gasteiger partial charge in [-0.2, -0.15) is 0 Å². The molecule has 2 saturated heterocycles. The Morgan fingerprint density at radius 3 is 2.32 bits per heavy atom. The highest BCUT2D eigenvalue weighted by Gasteiger charge is 2.46. The van der Waals surface area contributed by atoms with Gasteiger partial charge in [-0.1, -0.05) is 20.8 Å². The maximum Gasteiger partial charge on any atom is 0.410 e. The lowest BCUT2D eigenvalue weighted by Crippen LogP contribution is -2.52. The van der Waals surface area contributed by atoms with Crippen LogP contribution in [0.25, 0.3) is 0 Å². The van der Waals surface area contributed by atoms with Crippen LogP contribution in [0.5, 0.6) is 0 Å². The van der Waals surface area contributed by atoms with Crippen LogP contribution in [-0.4, -0.2) is 72.1 Å². The Hall–Kier alpha value is -1.87. The second-order valence-electron chi connectivity index (χ2n) is 10.7. The summed E-state index contributed by atoms with van der Waals surface area (Å²) < 4.78 is 10.4. The van der Waals surface area contributed by atoms with Crippen LogP contribution < -0.4 is 10.6 Å². The van der Waals surface area contributed by atoms with Crippen LogP contribution in [0, 0.1) is 17.3 Å². The minimum Gasteiger partial charge on any atom is -0.467 e. The fraction of sp³-hybridized carbons (Fsp3) is 0.864. The van der Waals surface area contributed by atoms with Crippen LogP contribution in [0.15, 0.2) is 0 Å². The second kappa shape index (κ2) is 9.73. The van der Waals surface area contributed by atoms with Crippen LogP contribution >= 0.6 is 0 Å². The SMILES string of the molecule is COC(=O)[C@H](C[C@@H]1CCNC1O)NC(=O)[C@@H]1C[C@@H](C(C)(C)C)CN1C(=O)OC(C)(C)C. The molecule has 0 aliphatic carbocycles. The molecule has 0 aromatic carbocycles. The van der Waals surface area contributed by atoms with E-state index in [-0.39, 0.29) is 23.7 Å². The Morgan fingerprint density at radius 2 is 1.84 bits per heavy atom. The number of aliphatic hydroxyl groups excluding tert-OH is 1. The first kappa shape index (κ1) is 25.4. The molecule has 0 aromatic rings. The molecule has 0 bridgehead atoms. The highest BCUT2D eigenvalue weighted by molar-refractivity contribution is 5.90. The van der Waals surface area contributed by atoms with Crippen LogP contribution in [0.4, 0.5) is 4.79 Å². The molecule has 0 radical (unpaired) electrons. The quantitative estimate of drug-likeness (QED) is 0.555. The van der Waals surface area contributed by atoms with Gasteiger partial charge in [0.1, 0.15) is 23.9 Å². The van der Waals surface area contributed by atoms with Gasteiger partial charge in [-0.3, -0.25) is 15.0 Å². The molecule has 0 saturated carbocycles. The van der Waals surface area contributed by atoms with E-state index in [2.05, 4.69) is 31.4 Å². The van der Waals surface area contributed by atoms with Crippen molar-refractivity contribution in [3.8, 4) is 0 Å². The number of carbonyl (C=O) groups excluding carboxylic acids is 3. The molecule has 2 rings (SSSR count). The lowest BCUT2D eigenvalue weighted by atomic mass is 9.79. The summed E-state index contributed by atoms with van der Waals surface area (Å²) in [4.78, 5) is 39.9. The molecule has 2 heterocycles. The summed E-state index contributed by atoms with van der Waals surface area (Å²) in [5.74, 6) is -1.04. The molecular formula is C22H39N3O6. The highest BCUT2D eigenvalue weighted by atomic mass is 16.6. The van der Waals surface area contributed by atoms with Gasteiger partial charge in [0.2, 0.25) is 5.91 Å². The van der Waals surface area contributed by atoms with E-state index in [0.717, 1.165) is 0 Å². The zero-order chi connectivity index (χ0) is 23.6. The molecule has 2 fully saturated rings. The second-order valence-corrected chi connectivity index (χ2v) is 10.7. The largest absolute Gasteiger partial charge is 0.467 e. The van der Waals surface area contributed by atoms with Crippen molar-refractivity contribution in [1.82, 2.24) is 15.5 Å². The average molecular weight is 442 g/mol. The Morgan fingerprint density at radius 1 is 1.19 bits per heavy atom. The lowest BCUT2D eigenvalue weighted by Gasteiger charge is -2.29. The summed E-state index contributed by atoms with van der Waals surface area (Å²) in [6, 6.07) is -1.64. The van der Waals surface area contributed by atoms with Gasteiger partial charge in [0.25, 0.3) is 0 Å². The smallest absolute Gasteiger partial charge is 0.410 e. The Balaban J connectivity index is 2.18. The molecule has 1 unspecified atom stereocenters. The summed E-state index contributed by atoms with van der Waals surface area (Å²) in [7, 11) is 1.27. The van der Waals surface area contributed by atoms with E-state index in [0.29, 0.717) is 25.9 Å². The fourth-order valence-electron chi connectivity index (χ4n) is 4.15. The van der Waals surface area contributed by atoms with Crippen molar-refractivity contribution in [1.29, 1.82) is 0 Å². The standard InChI is InChI=1S/C22H39N3O6/c1-21(2,3)14-11-16(25(12-14)20(29)31-22(4,5)6)18(27)24-15(19(28)30-7)10-13-8-9-23-17(13)26/h13-17,23,26H,8-12H2,1-7H3,(H,24,27)/t13-,14+,15-,16-,17?/m0/s1. The molecule has 0 aromatic heterocycles. The van der Waals surface area contributed by atoms with Crippen molar-refractivity contribution >= 4 is 18.0 Å². The van der Waals surface area contributed by atoms with Crippen LogP contribution in [0.3, 0.4) is 0 Å². The molecule has 2 aliphatic rings. The number of aliphatic hydroxyl groups is 1. The molecule has 3 N–H and O–H groups in total. The number of likely N-dealkylation sites (tertiary alicyclic amines) is 1. The first-order valence-corrected chi connectivity index (χ1v) is 11.0. The van der Waals surface area contributed by atoms with Crippen LogP contribution in [0.1, 0.15) is 60.8 Å². The van der Waals surface area contributed by atoms with Crippen molar-refractivity contribution < 1.29 is 29.0 Å². The molecule has 178 valence electrons. The van der Waals surface area contributed by atoms with Crippen molar-refractivity contribution in [2.24, 2.45) is 17.3 Å². The predicted octanol–water partition coefficient (Wildman–Crippen LogP) is 1.63. The van der Waals surface area contributed by atoms with E-state index in [9.17, 15) is 19.5 Å². The molecular weight excluding hydrogens is 402 g/mol. The third-order valence-electron chi connectivity index (χ3n) is 6.11. The van der Waals surface area contributed by atoms with E-state index >= 15 is 0 Å². The lowest BCUT2D eigenvalue weighted by molar-refractivity contribution is -0.146. The summed E-state index contributed by atoms with van der Waals surface area (Å²) in [5, 5.41) is 15.7. The molecule has 5 atom stereocenters. The van der Waals surface area contributed by atoms with E-state index in [4.69, 9.17) is 9.47 Å². The van der Waals surface area contributed by atoms with E-state index in [1.165, 1.54) is 12.0 Å². The number of rotatable bonds is 5. The van der Waals surface area contributed by atoms with E-state index in [1.54, 1.807) is 20.8 Å². The molecule has 0 spiro atoms. The summed E-state index contributed by atoms with van der Waals surface area (Å²) >= 11 is 0. The van der Waals surface area contributed by atoms with Gasteiger partial charge in [0.05, 0.1) is 7.11 Å². The van der Waals surface area contributed by atoms with Gasteiger partial charge in [-0.25, -0.2) is 9.59 Å². The summed E-state index contributed by atoms with van der Waals surface area (Å²) in [6.07, 6.45) is 0.178. The number of methoxy groups -OCH3 is 1. The van der Waals surface area contributed by atoms with Gasteiger partial charge in [-0.15, -0.1) is 0 Å². The Labute approximate surface area is 185 Å². The first-order valence-electron chi connectivity index (χ1n) is 11.0. The average Bonchev–Trinajstić information content (AvgIpc) is 3.25. The van der Waals surface area contributed by atoms with Gasteiger partial charge >= 0.3 is 12.1 Å². The van der Waals surface area contributed by atoms with Gasteiger partial charge < -0.3 is 19.9 Å². The molecule has 9 heteroatoms. The maximum absolute atomic E-state index is 13.2. The fourth-order valence-corrected chi connectivity index (χ4v) is 4.15.